The molecule has 2 N–H and O–H groups in total. The molecule has 2 aromatic carbocycles. The first-order chi connectivity index (χ1) is 16.3. The third-order valence-electron chi connectivity index (χ3n) is 6.03. The lowest BCUT2D eigenvalue weighted by atomic mass is 9.97. The molecule has 1 aliphatic rings. The van der Waals surface area contributed by atoms with Crippen molar-refractivity contribution in [2.45, 2.75) is 39.7 Å². The number of hydrogen-bond acceptors (Lipinski definition) is 5. The molecule has 1 unspecified atom stereocenters. The zero-order valence-corrected chi connectivity index (χ0v) is 20.1. The Morgan fingerprint density at radius 1 is 1.03 bits per heavy atom. The van der Waals surface area contributed by atoms with E-state index in [2.05, 4.69) is 10.2 Å². The third-order valence-corrected chi connectivity index (χ3v) is 6.03. The predicted octanol–water partition coefficient (Wildman–Crippen LogP) is 3.77. The van der Waals surface area contributed by atoms with Crippen molar-refractivity contribution in [3.8, 4) is 11.4 Å². The molecule has 3 aromatic rings. The van der Waals surface area contributed by atoms with E-state index in [9.17, 15) is 14.7 Å². The van der Waals surface area contributed by atoms with Crippen LogP contribution in [0.25, 0.3) is 16.6 Å². The van der Waals surface area contributed by atoms with E-state index in [0.29, 0.717) is 11.9 Å². The number of rotatable bonds is 7. The number of carbonyl (C=O) groups is 2. The van der Waals surface area contributed by atoms with Crippen LogP contribution >= 0.6 is 0 Å². The monoisotopic (exact) mass is 463 g/mol. The topological polar surface area (TPSA) is 83.8 Å². The van der Waals surface area contributed by atoms with Crippen molar-refractivity contribution in [2.24, 2.45) is 5.41 Å². The second-order valence-electron chi connectivity index (χ2n) is 9.88. The molecule has 0 aliphatic carbocycles. The number of esters is 1. The SMILES string of the molecule is CC(C)(C)C(=O)Oc1c(C(=O)NCC(O)CN2CCCC2)n(-c2ccccc2)c2ccccc12. The Morgan fingerprint density at radius 3 is 2.35 bits per heavy atom. The van der Waals surface area contributed by atoms with Crippen LogP contribution in [0.4, 0.5) is 0 Å². The minimum absolute atomic E-state index is 0.109. The van der Waals surface area contributed by atoms with Gasteiger partial charge in [-0.05, 0) is 71.0 Å². The van der Waals surface area contributed by atoms with Gasteiger partial charge in [-0.3, -0.25) is 9.59 Å². The van der Waals surface area contributed by atoms with E-state index >= 15 is 0 Å². The molecule has 1 aliphatic heterocycles. The Labute approximate surface area is 200 Å². The van der Waals surface area contributed by atoms with Crippen LogP contribution in [0.5, 0.6) is 5.75 Å². The smallest absolute Gasteiger partial charge is 0.316 e. The number of aliphatic hydroxyl groups is 1. The number of nitrogens with one attached hydrogen (secondary N) is 1. The lowest BCUT2D eigenvalue weighted by molar-refractivity contribution is -0.142. The molecule has 0 saturated carbocycles. The van der Waals surface area contributed by atoms with Gasteiger partial charge in [0.2, 0.25) is 0 Å². The van der Waals surface area contributed by atoms with Crippen molar-refractivity contribution >= 4 is 22.8 Å². The molecule has 0 radical (unpaired) electrons. The summed E-state index contributed by atoms with van der Waals surface area (Å²) in [6, 6.07) is 17.0. The molecule has 34 heavy (non-hydrogen) atoms. The van der Waals surface area contributed by atoms with Gasteiger partial charge in [-0.25, -0.2) is 0 Å². The van der Waals surface area contributed by atoms with Crippen LogP contribution in [0.15, 0.2) is 54.6 Å². The lowest BCUT2D eigenvalue weighted by Crippen LogP contribution is -2.39. The number of para-hydroxylation sites is 2. The Hall–Kier alpha value is -3.16. The van der Waals surface area contributed by atoms with Gasteiger partial charge in [0.15, 0.2) is 11.4 Å². The number of β-amino-alcohol motifs (C(OH)–C–C–N with tert-alkyl or cyclic N) is 1. The van der Waals surface area contributed by atoms with Crippen LogP contribution < -0.4 is 10.1 Å². The summed E-state index contributed by atoms with van der Waals surface area (Å²) in [5, 5.41) is 14.0. The van der Waals surface area contributed by atoms with E-state index in [4.69, 9.17) is 4.74 Å². The highest BCUT2D eigenvalue weighted by Crippen LogP contribution is 2.37. The number of fused-ring (bicyclic) bond motifs is 1. The molecule has 7 heteroatoms. The highest BCUT2D eigenvalue weighted by Gasteiger charge is 2.31. The van der Waals surface area contributed by atoms with Gasteiger partial charge in [-0.2, -0.15) is 0 Å². The molecule has 180 valence electrons. The second kappa shape index (κ2) is 9.99. The van der Waals surface area contributed by atoms with Gasteiger partial charge in [0.25, 0.3) is 5.91 Å². The van der Waals surface area contributed by atoms with Crippen LogP contribution in [-0.2, 0) is 4.79 Å². The van der Waals surface area contributed by atoms with Crippen molar-refractivity contribution in [3.63, 3.8) is 0 Å². The highest BCUT2D eigenvalue weighted by atomic mass is 16.5. The van der Waals surface area contributed by atoms with Crippen molar-refractivity contribution in [2.75, 3.05) is 26.2 Å². The number of aliphatic hydroxyl groups excluding tert-OH is 1. The maximum absolute atomic E-state index is 13.6. The van der Waals surface area contributed by atoms with Crippen LogP contribution in [0.3, 0.4) is 0 Å². The molecule has 1 aromatic heterocycles. The molecule has 0 bridgehead atoms. The van der Waals surface area contributed by atoms with E-state index in [1.807, 2.05) is 59.2 Å². The fourth-order valence-corrected chi connectivity index (χ4v) is 4.23. The summed E-state index contributed by atoms with van der Waals surface area (Å²) in [5.74, 6) is -0.602. The molecule has 1 fully saturated rings. The molecule has 1 saturated heterocycles. The average molecular weight is 464 g/mol. The van der Waals surface area contributed by atoms with Crippen LogP contribution in [0.1, 0.15) is 44.1 Å². The van der Waals surface area contributed by atoms with Crippen LogP contribution in [0, 0.1) is 5.41 Å². The fourth-order valence-electron chi connectivity index (χ4n) is 4.23. The number of carbonyl (C=O) groups excluding carboxylic acids is 2. The van der Waals surface area contributed by atoms with Crippen LogP contribution in [-0.4, -0.2) is 58.7 Å². The first-order valence-electron chi connectivity index (χ1n) is 11.9. The highest BCUT2D eigenvalue weighted by molar-refractivity contribution is 6.06. The van der Waals surface area contributed by atoms with Crippen LogP contribution in [0.2, 0.25) is 0 Å². The molecule has 4 rings (SSSR count). The van der Waals surface area contributed by atoms with Gasteiger partial charge in [0, 0.05) is 24.2 Å². The molecule has 7 nitrogen and oxygen atoms in total. The largest absolute Gasteiger partial charge is 0.423 e. The summed E-state index contributed by atoms with van der Waals surface area (Å²) < 4.78 is 7.68. The van der Waals surface area contributed by atoms with Gasteiger partial charge in [-0.15, -0.1) is 0 Å². The Balaban J connectivity index is 1.72. The predicted molar refractivity (Wildman–Crippen MR) is 132 cm³/mol. The lowest BCUT2D eigenvalue weighted by Gasteiger charge is -2.20. The maximum atomic E-state index is 13.6. The van der Waals surface area contributed by atoms with E-state index in [0.717, 1.165) is 37.1 Å². The minimum Gasteiger partial charge on any atom is -0.423 e. The van der Waals surface area contributed by atoms with E-state index in [-0.39, 0.29) is 18.0 Å². The van der Waals surface area contributed by atoms with E-state index in [1.165, 1.54) is 0 Å². The van der Waals surface area contributed by atoms with Gasteiger partial charge >= 0.3 is 5.97 Å². The molecule has 2 heterocycles. The average Bonchev–Trinajstić information content (AvgIpc) is 3.43. The first-order valence-corrected chi connectivity index (χ1v) is 11.9. The van der Waals surface area contributed by atoms with Crippen molar-refractivity contribution in [3.05, 3.63) is 60.3 Å². The summed E-state index contributed by atoms with van der Waals surface area (Å²) in [6.45, 7) is 7.91. The fraction of sp³-hybridized carbons (Fsp3) is 0.407. The Bertz CT molecular complexity index is 1160. The standard InChI is InChI=1S/C27H33N3O4/c1-27(2,3)26(33)34-24-21-13-7-8-14-22(21)30(19-11-5-4-6-12-19)23(24)25(32)28-17-20(31)18-29-15-9-10-16-29/h4-8,11-14,20,31H,9-10,15-18H2,1-3H3,(H,28,32). The zero-order chi connectivity index (χ0) is 24.3. The van der Waals surface area contributed by atoms with Gasteiger partial charge in [-0.1, -0.05) is 30.3 Å². The minimum atomic E-state index is -0.740. The number of hydrogen-bond donors (Lipinski definition) is 2. The van der Waals surface area contributed by atoms with Gasteiger partial charge < -0.3 is 24.6 Å². The van der Waals surface area contributed by atoms with Crippen molar-refractivity contribution in [1.29, 1.82) is 0 Å². The maximum Gasteiger partial charge on any atom is 0.316 e. The number of benzene rings is 2. The number of ether oxygens (including phenoxy) is 1. The van der Waals surface area contributed by atoms with E-state index in [1.54, 1.807) is 20.8 Å². The van der Waals surface area contributed by atoms with Crippen molar-refractivity contribution < 1.29 is 19.4 Å². The molecular weight excluding hydrogens is 430 g/mol. The second-order valence-corrected chi connectivity index (χ2v) is 9.88. The quantitative estimate of drug-likeness (QED) is 0.521. The summed E-state index contributed by atoms with van der Waals surface area (Å²) in [6.07, 6.45) is 1.59. The Kier molecular flexibility index (Phi) is 7.05. The van der Waals surface area contributed by atoms with Gasteiger partial charge in [0.1, 0.15) is 0 Å². The summed E-state index contributed by atoms with van der Waals surface area (Å²) in [7, 11) is 0. The third kappa shape index (κ3) is 5.16. The van der Waals surface area contributed by atoms with Crippen molar-refractivity contribution in [1.82, 2.24) is 14.8 Å². The summed E-state index contributed by atoms with van der Waals surface area (Å²) >= 11 is 0. The molecule has 1 atom stereocenters. The first kappa shape index (κ1) is 24.0. The molecule has 1 amide bonds. The Morgan fingerprint density at radius 2 is 1.68 bits per heavy atom. The number of nitrogens with zero attached hydrogens (tertiary/aromatic N) is 2. The summed E-state index contributed by atoms with van der Waals surface area (Å²) in [4.78, 5) is 28.6. The molecule has 0 spiro atoms. The number of likely N-dealkylation sites (tertiary alicyclic amines) is 1. The zero-order valence-electron chi connectivity index (χ0n) is 20.1. The number of aromatic nitrogens is 1. The normalized spacial score (nSPS) is 15.4. The van der Waals surface area contributed by atoms with Gasteiger partial charge in [0.05, 0.1) is 17.0 Å². The number of amides is 1. The summed E-state index contributed by atoms with van der Waals surface area (Å²) in [5.41, 5.74) is 1.03. The van der Waals surface area contributed by atoms with E-state index < -0.39 is 23.4 Å². The molecular formula is C27H33N3O4.